The Morgan fingerprint density at radius 1 is 0.900 bits per heavy atom. The molecule has 0 aliphatic rings. The standard InChI is InChI=1S/C25H28N2O3/c1-18-15-21(16-19(2)24(18)30-23-12-10-22(28)11-13-23)9-6-14-26-25(29)27-17-20-7-4-3-5-8-20/h3-5,7-8,10-13,15-16,28H,6,9,14,17H2,1-2H3,(H2,26,27,29). The molecule has 0 aliphatic carbocycles. The molecule has 0 heterocycles. The van der Waals surface area contributed by atoms with Crippen LogP contribution in [0.1, 0.15) is 28.7 Å². The second kappa shape index (κ2) is 10.3. The number of phenols is 1. The number of phenolic OH excluding ortho intramolecular Hbond substituents is 1. The molecule has 3 N–H and O–H groups in total. The molecule has 0 spiro atoms. The Labute approximate surface area is 177 Å². The first-order valence-corrected chi connectivity index (χ1v) is 10.1. The summed E-state index contributed by atoms with van der Waals surface area (Å²) in [5, 5.41) is 15.2. The molecule has 0 unspecified atom stereocenters. The van der Waals surface area contributed by atoms with Crippen LogP contribution < -0.4 is 15.4 Å². The van der Waals surface area contributed by atoms with Gasteiger partial charge in [-0.05, 0) is 73.2 Å². The molecule has 0 atom stereocenters. The molecule has 3 rings (SSSR count). The molecular weight excluding hydrogens is 376 g/mol. The fourth-order valence-electron chi connectivity index (χ4n) is 3.31. The first-order chi connectivity index (χ1) is 14.5. The van der Waals surface area contributed by atoms with Gasteiger partial charge in [0, 0.05) is 13.1 Å². The second-order valence-corrected chi connectivity index (χ2v) is 7.35. The summed E-state index contributed by atoms with van der Waals surface area (Å²) in [6.45, 7) is 5.20. The Kier molecular flexibility index (Phi) is 7.33. The molecular formula is C25H28N2O3. The Morgan fingerprint density at radius 3 is 2.23 bits per heavy atom. The van der Waals surface area contributed by atoms with Crippen LogP contribution >= 0.6 is 0 Å². The van der Waals surface area contributed by atoms with Gasteiger partial charge in [-0.25, -0.2) is 4.79 Å². The van der Waals surface area contributed by atoms with Gasteiger partial charge in [0.25, 0.3) is 0 Å². The highest BCUT2D eigenvalue weighted by molar-refractivity contribution is 5.73. The van der Waals surface area contributed by atoms with Crippen LogP contribution in [0.2, 0.25) is 0 Å². The van der Waals surface area contributed by atoms with Crippen LogP contribution in [0.25, 0.3) is 0 Å². The molecule has 30 heavy (non-hydrogen) atoms. The summed E-state index contributed by atoms with van der Waals surface area (Å²) in [6.07, 6.45) is 1.73. The third-order valence-electron chi connectivity index (χ3n) is 4.80. The van der Waals surface area contributed by atoms with E-state index in [9.17, 15) is 9.90 Å². The van der Waals surface area contributed by atoms with Gasteiger partial charge in [-0.2, -0.15) is 0 Å². The molecule has 0 saturated carbocycles. The Balaban J connectivity index is 1.45. The highest BCUT2D eigenvalue weighted by atomic mass is 16.5. The Hall–Kier alpha value is -3.47. The van der Waals surface area contributed by atoms with E-state index in [1.807, 2.05) is 44.2 Å². The quantitative estimate of drug-likeness (QED) is 0.450. The summed E-state index contributed by atoms with van der Waals surface area (Å²) in [6, 6.07) is 20.7. The minimum absolute atomic E-state index is 0.149. The zero-order chi connectivity index (χ0) is 21.3. The van der Waals surface area contributed by atoms with Crippen LogP contribution in [-0.4, -0.2) is 17.7 Å². The molecule has 0 radical (unpaired) electrons. The monoisotopic (exact) mass is 404 g/mol. The summed E-state index contributed by atoms with van der Waals surface area (Å²) in [7, 11) is 0. The maximum atomic E-state index is 11.9. The Morgan fingerprint density at radius 2 is 1.57 bits per heavy atom. The van der Waals surface area contributed by atoms with Crippen molar-refractivity contribution in [2.24, 2.45) is 0 Å². The van der Waals surface area contributed by atoms with Crippen LogP contribution in [0.5, 0.6) is 17.2 Å². The number of carbonyl (C=O) groups is 1. The van der Waals surface area contributed by atoms with Crippen molar-refractivity contribution >= 4 is 6.03 Å². The van der Waals surface area contributed by atoms with E-state index in [-0.39, 0.29) is 11.8 Å². The second-order valence-electron chi connectivity index (χ2n) is 7.35. The van der Waals surface area contributed by atoms with Gasteiger partial charge in [-0.1, -0.05) is 42.5 Å². The van der Waals surface area contributed by atoms with E-state index in [1.54, 1.807) is 24.3 Å². The van der Waals surface area contributed by atoms with Crippen LogP contribution in [0.15, 0.2) is 66.7 Å². The van der Waals surface area contributed by atoms with Crippen molar-refractivity contribution in [1.82, 2.24) is 10.6 Å². The van der Waals surface area contributed by atoms with Crippen LogP contribution in [0, 0.1) is 13.8 Å². The number of rotatable bonds is 8. The summed E-state index contributed by atoms with van der Waals surface area (Å²) < 4.78 is 5.99. The molecule has 3 aromatic rings. The van der Waals surface area contributed by atoms with Gasteiger partial charge >= 0.3 is 6.03 Å². The van der Waals surface area contributed by atoms with Crippen molar-refractivity contribution in [1.29, 1.82) is 0 Å². The minimum atomic E-state index is -0.149. The van der Waals surface area contributed by atoms with Gasteiger partial charge in [0.2, 0.25) is 0 Å². The van der Waals surface area contributed by atoms with Gasteiger partial charge in [0.05, 0.1) is 0 Å². The topological polar surface area (TPSA) is 70.6 Å². The lowest BCUT2D eigenvalue weighted by Gasteiger charge is -2.14. The maximum Gasteiger partial charge on any atom is 0.315 e. The molecule has 2 amide bonds. The highest BCUT2D eigenvalue weighted by Gasteiger charge is 2.08. The number of aryl methyl sites for hydroxylation is 3. The van der Waals surface area contributed by atoms with Gasteiger partial charge in [-0.15, -0.1) is 0 Å². The number of ether oxygens (including phenoxy) is 1. The molecule has 5 nitrogen and oxygen atoms in total. The van der Waals surface area contributed by atoms with Crippen molar-refractivity contribution < 1.29 is 14.6 Å². The summed E-state index contributed by atoms with van der Waals surface area (Å²) in [5.41, 5.74) is 4.42. The average Bonchev–Trinajstić information content (AvgIpc) is 2.74. The molecule has 0 bridgehead atoms. The molecule has 0 aliphatic heterocycles. The third kappa shape index (κ3) is 6.27. The average molecular weight is 405 g/mol. The molecule has 0 saturated heterocycles. The summed E-state index contributed by atoms with van der Waals surface area (Å²) in [4.78, 5) is 11.9. The van der Waals surface area contributed by atoms with Gasteiger partial charge in [-0.3, -0.25) is 0 Å². The molecule has 0 fully saturated rings. The molecule has 3 aromatic carbocycles. The zero-order valence-electron chi connectivity index (χ0n) is 17.4. The number of aromatic hydroxyl groups is 1. The number of urea groups is 1. The first kappa shape index (κ1) is 21.2. The van der Waals surface area contributed by atoms with E-state index in [2.05, 4.69) is 22.8 Å². The van der Waals surface area contributed by atoms with Gasteiger partial charge in [0.15, 0.2) is 0 Å². The molecule has 0 aromatic heterocycles. The maximum absolute atomic E-state index is 11.9. The molecule has 5 heteroatoms. The first-order valence-electron chi connectivity index (χ1n) is 10.1. The zero-order valence-corrected chi connectivity index (χ0v) is 17.4. The normalized spacial score (nSPS) is 10.5. The van der Waals surface area contributed by atoms with Crippen LogP contribution in [-0.2, 0) is 13.0 Å². The van der Waals surface area contributed by atoms with E-state index in [0.29, 0.717) is 18.8 Å². The highest BCUT2D eigenvalue weighted by Crippen LogP contribution is 2.30. The number of amides is 2. The van der Waals surface area contributed by atoms with E-state index >= 15 is 0 Å². The molecule has 156 valence electrons. The van der Waals surface area contributed by atoms with E-state index in [0.717, 1.165) is 35.3 Å². The Bertz CT molecular complexity index is 946. The lowest BCUT2D eigenvalue weighted by molar-refractivity contribution is 0.240. The number of benzene rings is 3. The SMILES string of the molecule is Cc1cc(CCCNC(=O)NCc2ccccc2)cc(C)c1Oc1ccc(O)cc1. The van der Waals surface area contributed by atoms with E-state index in [4.69, 9.17) is 4.74 Å². The third-order valence-corrected chi connectivity index (χ3v) is 4.80. The summed E-state index contributed by atoms with van der Waals surface area (Å²) >= 11 is 0. The van der Waals surface area contributed by atoms with E-state index in [1.165, 1.54) is 5.56 Å². The smallest absolute Gasteiger partial charge is 0.315 e. The number of hydrogen-bond donors (Lipinski definition) is 3. The van der Waals surface area contributed by atoms with Crippen molar-refractivity contribution in [3.05, 3.63) is 89.0 Å². The lowest BCUT2D eigenvalue weighted by atomic mass is 10.0. The van der Waals surface area contributed by atoms with Crippen LogP contribution in [0.3, 0.4) is 0 Å². The van der Waals surface area contributed by atoms with Crippen molar-refractivity contribution in [2.45, 2.75) is 33.2 Å². The summed E-state index contributed by atoms with van der Waals surface area (Å²) in [5.74, 6) is 1.74. The van der Waals surface area contributed by atoms with Gasteiger partial charge in [0.1, 0.15) is 17.2 Å². The fraction of sp³-hybridized carbons (Fsp3) is 0.240. The predicted molar refractivity (Wildman–Crippen MR) is 119 cm³/mol. The van der Waals surface area contributed by atoms with Crippen molar-refractivity contribution in [2.75, 3.05) is 6.54 Å². The number of hydrogen-bond acceptors (Lipinski definition) is 3. The largest absolute Gasteiger partial charge is 0.508 e. The van der Waals surface area contributed by atoms with Crippen molar-refractivity contribution in [3.8, 4) is 17.2 Å². The van der Waals surface area contributed by atoms with Crippen LogP contribution in [0.4, 0.5) is 4.79 Å². The predicted octanol–water partition coefficient (Wildman–Crippen LogP) is 5.23. The van der Waals surface area contributed by atoms with Gasteiger partial charge < -0.3 is 20.5 Å². The number of nitrogens with one attached hydrogen (secondary N) is 2. The lowest BCUT2D eigenvalue weighted by Crippen LogP contribution is -2.35. The fourth-order valence-corrected chi connectivity index (χ4v) is 3.31. The van der Waals surface area contributed by atoms with E-state index < -0.39 is 0 Å². The minimum Gasteiger partial charge on any atom is -0.508 e. The number of carbonyl (C=O) groups excluding carboxylic acids is 1. The van der Waals surface area contributed by atoms with Crippen molar-refractivity contribution in [3.63, 3.8) is 0 Å².